The minimum absolute atomic E-state index is 0.309. The molecule has 5 heteroatoms. The van der Waals surface area contributed by atoms with Gasteiger partial charge in [0.1, 0.15) is 0 Å². The van der Waals surface area contributed by atoms with Gasteiger partial charge in [-0.3, -0.25) is 0 Å². The summed E-state index contributed by atoms with van der Waals surface area (Å²) in [5, 5.41) is 13.1. The summed E-state index contributed by atoms with van der Waals surface area (Å²) < 4.78 is 0. The van der Waals surface area contributed by atoms with Gasteiger partial charge in [-0.15, -0.1) is 10.2 Å². The van der Waals surface area contributed by atoms with E-state index in [2.05, 4.69) is 38.3 Å². The van der Waals surface area contributed by atoms with Crippen LogP contribution in [0.3, 0.4) is 0 Å². The van der Waals surface area contributed by atoms with Crippen LogP contribution in [0.4, 0.5) is 0 Å². The van der Waals surface area contributed by atoms with E-state index >= 15 is 0 Å². The molecule has 14 heavy (non-hydrogen) atoms. The Morgan fingerprint density at radius 2 is 2.29 bits per heavy atom. The fraction of sp³-hybridized carbons (Fsp3) is 0.889. The van der Waals surface area contributed by atoms with E-state index in [9.17, 15) is 0 Å². The molecule has 1 aliphatic rings. The Hall–Kier alpha value is -0.450. The number of rotatable bonds is 4. The average molecular weight is 259 g/mol. The molecule has 1 aromatic rings. The average Bonchev–Trinajstić information content (AvgIpc) is 2.93. The van der Waals surface area contributed by atoms with Crippen LogP contribution in [0.1, 0.15) is 25.6 Å². The van der Waals surface area contributed by atoms with Crippen molar-refractivity contribution >= 4 is 15.9 Å². The van der Waals surface area contributed by atoms with Crippen LogP contribution in [0.2, 0.25) is 0 Å². The standard InChI is InChI=1S/C9H15BrN4/c1-9(6-10,7-3-4-7)5-8-11-13-14(2)12-8/h7H,3-6H2,1-2H3. The van der Waals surface area contributed by atoms with Crippen LogP contribution >= 0.6 is 15.9 Å². The number of hydrogen-bond acceptors (Lipinski definition) is 3. The number of alkyl halides is 1. The first-order chi connectivity index (χ1) is 6.64. The van der Waals surface area contributed by atoms with Crippen LogP contribution in [0.15, 0.2) is 0 Å². The first-order valence-corrected chi connectivity index (χ1v) is 6.05. The first kappa shape index (κ1) is 10.1. The SMILES string of the molecule is Cn1nnc(CC(C)(CBr)C2CC2)n1. The van der Waals surface area contributed by atoms with Gasteiger partial charge in [0.15, 0.2) is 5.82 Å². The van der Waals surface area contributed by atoms with Crippen LogP contribution in [0.25, 0.3) is 0 Å². The van der Waals surface area contributed by atoms with E-state index in [-0.39, 0.29) is 0 Å². The van der Waals surface area contributed by atoms with Crippen LogP contribution in [0.5, 0.6) is 0 Å². The summed E-state index contributed by atoms with van der Waals surface area (Å²) in [6, 6.07) is 0. The Balaban J connectivity index is 2.07. The summed E-state index contributed by atoms with van der Waals surface area (Å²) in [6.45, 7) is 2.30. The van der Waals surface area contributed by atoms with E-state index in [0.717, 1.165) is 23.5 Å². The summed E-state index contributed by atoms with van der Waals surface area (Å²) >= 11 is 3.59. The van der Waals surface area contributed by atoms with Gasteiger partial charge in [-0.1, -0.05) is 22.9 Å². The highest BCUT2D eigenvalue weighted by atomic mass is 79.9. The zero-order chi connectivity index (χ0) is 10.2. The van der Waals surface area contributed by atoms with Crippen molar-refractivity contribution in [1.29, 1.82) is 0 Å². The van der Waals surface area contributed by atoms with Gasteiger partial charge in [-0.25, -0.2) is 0 Å². The predicted octanol–water partition coefficient (Wildman–Crippen LogP) is 1.56. The van der Waals surface area contributed by atoms with E-state index in [4.69, 9.17) is 0 Å². The molecular weight excluding hydrogens is 244 g/mol. The van der Waals surface area contributed by atoms with Crippen molar-refractivity contribution in [2.75, 3.05) is 5.33 Å². The minimum atomic E-state index is 0.309. The Bertz CT molecular complexity index is 320. The number of halogens is 1. The Morgan fingerprint density at radius 3 is 2.71 bits per heavy atom. The first-order valence-electron chi connectivity index (χ1n) is 4.93. The lowest BCUT2D eigenvalue weighted by molar-refractivity contribution is 0.311. The van der Waals surface area contributed by atoms with Crippen molar-refractivity contribution < 1.29 is 0 Å². The van der Waals surface area contributed by atoms with Crippen molar-refractivity contribution in [2.24, 2.45) is 18.4 Å². The van der Waals surface area contributed by atoms with Crippen molar-refractivity contribution in [3.8, 4) is 0 Å². The van der Waals surface area contributed by atoms with Crippen LogP contribution < -0.4 is 0 Å². The third-order valence-electron chi connectivity index (χ3n) is 2.98. The van der Waals surface area contributed by atoms with E-state index < -0.39 is 0 Å². The van der Waals surface area contributed by atoms with E-state index in [1.807, 2.05) is 0 Å². The van der Waals surface area contributed by atoms with Gasteiger partial charge in [0.25, 0.3) is 0 Å². The molecule has 1 heterocycles. The van der Waals surface area contributed by atoms with Gasteiger partial charge in [-0.05, 0) is 29.4 Å². The molecule has 0 saturated heterocycles. The van der Waals surface area contributed by atoms with Gasteiger partial charge >= 0.3 is 0 Å². The largest absolute Gasteiger partial charge is 0.175 e. The monoisotopic (exact) mass is 258 g/mol. The van der Waals surface area contributed by atoms with E-state index in [1.165, 1.54) is 17.6 Å². The lowest BCUT2D eigenvalue weighted by Crippen LogP contribution is -2.24. The molecule has 0 bridgehead atoms. The van der Waals surface area contributed by atoms with Crippen LogP contribution in [-0.2, 0) is 13.5 Å². The molecule has 1 aliphatic carbocycles. The number of hydrogen-bond donors (Lipinski definition) is 0. The smallest absolute Gasteiger partial charge is 0.167 e. The van der Waals surface area contributed by atoms with E-state index in [0.29, 0.717) is 5.41 Å². The molecule has 1 saturated carbocycles. The normalized spacial score (nSPS) is 20.8. The summed E-state index contributed by atoms with van der Waals surface area (Å²) in [4.78, 5) is 1.52. The Morgan fingerprint density at radius 1 is 1.57 bits per heavy atom. The number of aryl methyl sites for hydroxylation is 1. The Kier molecular flexibility index (Phi) is 2.60. The zero-order valence-corrected chi connectivity index (χ0v) is 10.2. The van der Waals surface area contributed by atoms with Gasteiger partial charge in [0.2, 0.25) is 0 Å². The summed E-state index contributed by atoms with van der Waals surface area (Å²) in [6.07, 6.45) is 3.63. The second kappa shape index (κ2) is 3.61. The zero-order valence-electron chi connectivity index (χ0n) is 8.57. The maximum atomic E-state index is 4.23. The van der Waals surface area contributed by atoms with Crippen molar-refractivity contribution in [3.63, 3.8) is 0 Å². The minimum Gasteiger partial charge on any atom is -0.167 e. The van der Waals surface area contributed by atoms with Gasteiger partial charge in [0.05, 0.1) is 7.05 Å². The number of nitrogens with zero attached hydrogens (tertiary/aromatic N) is 4. The summed E-state index contributed by atoms with van der Waals surface area (Å²) in [5.41, 5.74) is 0.309. The highest BCUT2D eigenvalue weighted by Gasteiger charge is 2.41. The third-order valence-corrected chi connectivity index (χ3v) is 4.26. The third kappa shape index (κ3) is 1.97. The molecule has 0 radical (unpaired) electrons. The predicted molar refractivity (Wildman–Crippen MR) is 57.1 cm³/mol. The molecule has 1 aromatic heterocycles. The second-order valence-electron chi connectivity index (χ2n) is 4.43. The molecule has 0 aliphatic heterocycles. The summed E-state index contributed by atoms with van der Waals surface area (Å²) in [5.74, 6) is 1.70. The Labute approximate surface area is 92.2 Å². The second-order valence-corrected chi connectivity index (χ2v) is 4.99. The number of tetrazole rings is 1. The van der Waals surface area contributed by atoms with Crippen molar-refractivity contribution in [1.82, 2.24) is 20.2 Å². The van der Waals surface area contributed by atoms with Gasteiger partial charge in [0, 0.05) is 11.8 Å². The molecule has 4 nitrogen and oxygen atoms in total. The fourth-order valence-corrected chi connectivity index (χ4v) is 2.49. The maximum absolute atomic E-state index is 4.23. The fourth-order valence-electron chi connectivity index (χ4n) is 1.84. The van der Waals surface area contributed by atoms with Crippen LogP contribution in [0, 0.1) is 11.3 Å². The highest BCUT2D eigenvalue weighted by molar-refractivity contribution is 9.09. The quantitative estimate of drug-likeness (QED) is 0.771. The topological polar surface area (TPSA) is 43.6 Å². The number of aromatic nitrogens is 4. The molecule has 0 aromatic carbocycles. The molecule has 0 spiro atoms. The van der Waals surface area contributed by atoms with Gasteiger partial charge in [-0.2, -0.15) is 4.80 Å². The van der Waals surface area contributed by atoms with Gasteiger partial charge < -0.3 is 0 Å². The summed E-state index contributed by atoms with van der Waals surface area (Å²) in [7, 11) is 1.80. The maximum Gasteiger partial charge on any atom is 0.175 e. The molecule has 2 rings (SSSR count). The molecule has 0 amide bonds. The molecule has 1 unspecified atom stereocenters. The van der Waals surface area contributed by atoms with E-state index in [1.54, 1.807) is 7.05 Å². The molecular formula is C9H15BrN4. The van der Waals surface area contributed by atoms with Crippen molar-refractivity contribution in [3.05, 3.63) is 5.82 Å². The molecule has 1 atom stereocenters. The van der Waals surface area contributed by atoms with Crippen LogP contribution in [-0.4, -0.2) is 25.5 Å². The van der Waals surface area contributed by atoms with Crippen molar-refractivity contribution in [2.45, 2.75) is 26.2 Å². The molecule has 0 N–H and O–H groups in total. The molecule has 1 fully saturated rings. The highest BCUT2D eigenvalue weighted by Crippen LogP contribution is 2.47. The lowest BCUT2D eigenvalue weighted by atomic mass is 9.83. The molecule has 78 valence electrons. The lowest BCUT2D eigenvalue weighted by Gasteiger charge is -2.25.